The van der Waals surface area contributed by atoms with E-state index in [0.29, 0.717) is 6.54 Å². The second-order valence-corrected chi connectivity index (χ2v) is 4.32. The molecule has 0 aromatic heterocycles. The number of rotatable bonds is 6. The number of carboxylic acids is 1. The lowest BCUT2D eigenvalue weighted by molar-refractivity contribution is -0.131. The minimum absolute atomic E-state index is 0.0857. The Morgan fingerprint density at radius 1 is 1.50 bits per heavy atom. The summed E-state index contributed by atoms with van der Waals surface area (Å²) in [6, 6.07) is 0. The molecule has 0 radical (unpaired) electrons. The second kappa shape index (κ2) is 5.81. The van der Waals surface area contributed by atoms with E-state index >= 15 is 0 Å². The molecule has 82 valence electrons. The highest BCUT2D eigenvalue weighted by Crippen LogP contribution is 2.10. The lowest BCUT2D eigenvalue weighted by Gasteiger charge is -2.26. The standard InChI is InChI=1S/C11H21NO2/c1-5-6-11(3,4)12-8-9(2)7-10(13)14/h7,12H,5-6,8H2,1-4H3,(H,13,14). The predicted molar refractivity (Wildman–Crippen MR) is 58.4 cm³/mol. The van der Waals surface area contributed by atoms with Crippen molar-refractivity contribution in [1.29, 1.82) is 0 Å². The predicted octanol–water partition coefficient (Wildman–Crippen LogP) is 2.19. The van der Waals surface area contributed by atoms with Gasteiger partial charge in [0.1, 0.15) is 0 Å². The molecule has 0 heterocycles. The van der Waals surface area contributed by atoms with Gasteiger partial charge in [-0.2, -0.15) is 0 Å². The van der Waals surface area contributed by atoms with Crippen LogP contribution in [0.4, 0.5) is 0 Å². The summed E-state index contributed by atoms with van der Waals surface area (Å²) in [7, 11) is 0. The Bertz CT molecular complexity index is 219. The Hall–Kier alpha value is -0.830. The van der Waals surface area contributed by atoms with Crippen LogP contribution < -0.4 is 5.32 Å². The fourth-order valence-electron chi connectivity index (χ4n) is 1.35. The highest BCUT2D eigenvalue weighted by atomic mass is 16.4. The van der Waals surface area contributed by atoms with E-state index in [2.05, 4.69) is 26.1 Å². The van der Waals surface area contributed by atoms with Crippen LogP contribution in [0.2, 0.25) is 0 Å². The number of nitrogens with one attached hydrogen (secondary N) is 1. The Kier molecular flexibility index (Phi) is 5.46. The van der Waals surface area contributed by atoms with Crippen LogP contribution in [0, 0.1) is 0 Å². The first kappa shape index (κ1) is 13.2. The monoisotopic (exact) mass is 199 g/mol. The van der Waals surface area contributed by atoms with Crippen LogP contribution in [-0.2, 0) is 4.79 Å². The molecule has 0 aromatic rings. The summed E-state index contributed by atoms with van der Waals surface area (Å²) in [4.78, 5) is 10.4. The Labute approximate surface area is 86.2 Å². The van der Waals surface area contributed by atoms with Crippen molar-refractivity contribution in [3.05, 3.63) is 11.6 Å². The third-order valence-corrected chi connectivity index (χ3v) is 2.09. The number of hydrogen-bond donors (Lipinski definition) is 2. The van der Waals surface area contributed by atoms with Crippen molar-refractivity contribution in [3.63, 3.8) is 0 Å². The van der Waals surface area contributed by atoms with Crippen molar-refractivity contribution in [2.24, 2.45) is 0 Å². The van der Waals surface area contributed by atoms with Crippen molar-refractivity contribution >= 4 is 5.97 Å². The van der Waals surface area contributed by atoms with Crippen LogP contribution in [0.15, 0.2) is 11.6 Å². The summed E-state index contributed by atoms with van der Waals surface area (Å²) in [6.07, 6.45) is 3.46. The highest BCUT2D eigenvalue weighted by molar-refractivity contribution is 5.80. The molecule has 0 rings (SSSR count). The molecule has 0 saturated carbocycles. The average molecular weight is 199 g/mol. The molecule has 0 atom stereocenters. The van der Waals surface area contributed by atoms with Crippen molar-refractivity contribution in [1.82, 2.24) is 5.32 Å². The second-order valence-electron chi connectivity index (χ2n) is 4.32. The minimum atomic E-state index is -0.877. The van der Waals surface area contributed by atoms with Crippen molar-refractivity contribution in [2.75, 3.05) is 6.54 Å². The van der Waals surface area contributed by atoms with Gasteiger partial charge in [-0.25, -0.2) is 4.79 Å². The molecular weight excluding hydrogens is 178 g/mol. The van der Waals surface area contributed by atoms with E-state index in [4.69, 9.17) is 5.11 Å². The summed E-state index contributed by atoms with van der Waals surface area (Å²) in [5.41, 5.74) is 0.934. The van der Waals surface area contributed by atoms with Crippen LogP contribution in [-0.4, -0.2) is 23.2 Å². The quantitative estimate of drug-likeness (QED) is 0.645. The first-order valence-corrected chi connectivity index (χ1v) is 5.02. The topological polar surface area (TPSA) is 49.3 Å². The lowest BCUT2D eigenvalue weighted by atomic mass is 9.98. The Balaban J connectivity index is 3.98. The van der Waals surface area contributed by atoms with Gasteiger partial charge in [-0.1, -0.05) is 18.9 Å². The zero-order valence-electron chi connectivity index (χ0n) is 9.55. The summed E-state index contributed by atoms with van der Waals surface area (Å²) >= 11 is 0. The summed E-state index contributed by atoms with van der Waals surface area (Å²) in [6.45, 7) is 8.86. The molecule has 0 spiro atoms. The molecule has 14 heavy (non-hydrogen) atoms. The van der Waals surface area contributed by atoms with E-state index in [1.165, 1.54) is 6.08 Å². The third kappa shape index (κ3) is 6.66. The fraction of sp³-hybridized carbons (Fsp3) is 0.727. The van der Waals surface area contributed by atoms with Gasteiger partial charge in [-0.15, -0.1) is 0 Å². The van der Waals surface area contributed by atoms with E-state index in [9.17, 15) is 4.79 Å². The van der Waals surface area contributed by atoms with Gasteiger partial charge >= 0.3 is 5.97 Å². The van der Waals surface area contributed by atoms with E-state index in [0.717, 1.165) is 18.4 Å². The van der Waals surface area contributed by atoms with Crippen molar-refractivity contribution in [3.8, 4) is 0 Å². The molecule has 0 saturated heterocycles. The summed E-state index contributed by atoms with van der Waals surface area (Å²) in [5, 5.41) is 11.8. The van der Waals surface area contributed by atoms with E-state index in [1.54, 1.807) is 0 Å². The summed E-state index contributed by atoms with van der Waals surface area (Å²) < 4.78 is 0. The first-order valence-electron chi connectivity index (χ1n) is 5.02. The first-order chi connectivity index (χ1) is 6.37. The van der Waals surface area contributed by atoms with Crippen LogP contribution in [0.25, 0.3) is 0 Å². The number of carboxylic acid groups (broad SMARTS) is 1. The maximum absolute atomic E-state index is 10.4. The molecule has 0 unspecified atom stereocenters. The number of carbonyl (C=O) groups is 1. The molecule has 3 nitrogen and oxygen atoms in total. The maximum atomic E-state index is 10.4. The van der Waals surface area contributed by atoms with Crippen LogP contribution in [0.1, 0.15) is 40.5 Å². The number of hydrogen-bond acceptors (Lipinski definition) is 2. The van der Waals surface area contributed by atoms with Gasteiger partial charge in [0.2, 0.25) is 0 Å². The largest absolute Gasteiger partial charge is 0.478 e. The molecule has 0 aliphatic carbocycles. The molecule has 2 N–H and O–H groups in total. The minimum Gasteiger partial charge on any atom is -0.478 e. The Morgan fingerprint density at radius 3 is 2.50 bits per heavy atom. The summed E-state index contributed by atoms with van der Waals surface area (Å²) in [5.74, 6) is -0.877. The molecule has 0 bridgehead atoms. The highest BCUT2D eigenvalue weighted by Gasteiger charge is 2.14. The van der Waals surface area contributed by atoms with Crippen molar-refractivity contribution < 1.29 is 9.90 Å². The van der Waals surface area contributed by atoms with Gasteiger partial charge in [0, 0.05) is 18.2 Å². The van der Waals surface area contributed by atoms with Gasteiger partial charge in [-0.05, 0) is 27.2 Å². The van der Waals surface area contributed by atoms with Crippen LogP contribution >= 0.6 is 0 Å². The molecule has 0 amide bonds. The van der Waals surface area contributed by atoms with E-state index < -0.39 is 5.97 Å². The molecule has 0 aliphatic heterocycles. The number of aliphatic carboxylic acids is 1. The van der Waals surface area contributed by atoms with Gasteiger partial charge in [-0.3, -0.25) is 0 Å². The van der Waals surface area contributed by atoms with Gasteiger partial charge in [0.15, 0.2) is 0 Å². The average Bonchev–Trinajstić information content (AvgIpc) is 2.00. The van der Waals surface area contributed by atoms with Gasteiger partial charge < -0.3 is 10.4 Å². The van der Waals surface area contributed by atoms with Crippen LogP contribution in [0.3, 0.4) is 0 Å². The molecule has 3 heteroatoms. The normalized spacial score (nSPS) is 13.0. The van der Waals surface area contributed by atoms with Crippen molar-refractivity contribution in [2.45, 2.75) is 46.1 Å². The van der Waals surface area contributed by atoms with Gasteiger partial charge in [0.05, 0.1) is 0 Å². The van der Waals surface area contributed by atoms with Crippen LogP contribution in [0.5, 0.6) is 0 Å². The molecule has 0 aromatic carbocycles. The SMILES string of the molecule is CCCC(C)(C)NCC(C)=CC(=O)O. The molecule has 0 fully saturated rings. The maximum Gasteiger partial charge on any atom is 0.328 e. The van der Waals surface area contributed by atoms with E-state index in [-0.39, 0.29) is 5.54 Å². The van der Waals surface area contributed by atoms with Gasteiger partial charge in [0.25, 0.3) is 0 Å². The lowest BCUT2D eigenvalue weighted by Crippen LogP contribution is -2.39. The Morgan fingerprint density at radius 2 is 2.07 bits per heavy atom. The third-order valence-electron chi connectivity index (χ3n) is 2.09. The zero-order valence-corrected chi connectivity index (χ0v) is 9.55. The fourth-order valence-corrected chi connectivity index (χ4v) is 1.35. The zero-order chi connectivity index (χ0) is 11.2. The molecule has 0 aliphatic rings. The van der Waals surface area contributed by atoms with E-state index in [1.807, 2.05) is 6.92 Å². The molecular formula is C11H21NO2. The smallest absolute Gasteiger partial charge is 0.328 e.